The van der Waals surface area contributed by atoms with E-state index in [4.69, 9.17) is 37.0 Å². The molecule has 0 fully saturated rings. The van der Waals surface area contributed by atoms with E-state index in [1.165, 1.54) is 193 Å². The molecule has 0 bridgehead atoms. The fraction of sp³-hybridized carbons (Fsp3) is 0.949. The van der Waals surface area contributed by atoms with Gasteiger partial charge in [0, 0.05) is 25.7 Å². The number of aliphatic hydroxyl groups is 1. The van der Waals surface area contributed by atoms with Crippen LogP contribution in [0.3, 0.4) is 0 Å². The van der Waals surface area contributed by atoms with Crippen LogP contribution in [0.2, 0.25) is 0 Å². The second kappa shape index (κ2) is 67.2. The van der Waals surface area contributed by atoms with Crippen molar-refractivity contribution < 1.29 is 80.2 Å². The van der Waals surface area contributed by atoms with E-state index < -0.39 is 97.5 Å². The van der Waals surface area contributed by atoms with E-state index >= 15 is 0 Å². The first-order chi connectivity index (χ1) is 46.6. The van der Waals surface area contributed by atoms with Crippen LogP contribution in [0, 0.1) is 23.7 Å². The number of esters is 4. The number of phosphoric acid groups is 2. The highest BCUT2D eigenvalue weighted by Gasteiger charge is 2.30. The van der Waals surface area contributed by atoms with E-state index in [9.17, 15) is 43.2 Å². The van der Waals surface area contributed by atoms with Gasteiger partial charge in [0.15, 0.2) is 12.2 Å². The zero-order chi connectivity index (χ0) is 71.7. The van der Waals surface area contributed by atoms with Crippen molar-refractivity contribution >= 4 is 39.5 Å². The van der Waals surface area contributed by atoms with Gasteiger partial charge in [0.2, 0.25) is 0 Å². The number of hydrogen-bond donors (Lipinski definition) is 3. The lowest BCUT2D eigenvalue weighted by Crippen LogP contribution is -2.30. The number of aliphatic hydroxyl groups excluding tert-OH is 1. The summed E-state index contributed by atoms with van der Waals surface area (Å²) in [5.41, 5.74) is 0. The Labute approximate surface area is 594 Å². The zero-order valence-electron chi connectivity index (χ0n) is 63.7. The van der Waals surface area contributed by atoms with Crippen molar-refractivity contribution in [2.75, 3.05) is 39.6 Å². The molecule has 0 spiro atoms. The van der Waals surface area contributed by atoms with Gasteiger partial charge < -0.3 is 33.8 Å². The Morgan fingerprint density at radius 2 is 0.495 bits per heavy atom. The summed E-state index contributed by atoms with van der Waals surface area (Å²) in [6.07, 6.45) is 52.8. The molecule has 19 heteroatoms. The van der Waals surface area contributed by atoms with E-state index in [2.05, 4.69) is 55.4 Å². The lowest BCUT2D eigenvalue weighted by molar-refractivity contribution is -0.161. The van der Waals surface area contributed by atoms with Gasteiger partial charge in [-0.25, -0.2) is 9.13 Å². The van der Waals surface area contributed by atoms with Crippen LogP contribution in [0.25, 0.3) is 0 Å². The molecule has 4 unspecified atom stereocenters. The molecule has 6 atom stereocenters. The fourth-order valence-electron chi connectivity index (χ4n) is 11.9. The molecule has 0 amide bonds. The summed E-state index contributed by atoms with van der Waals surface area (Å²) in [6.45, 7) is 14.2. The average molecular weight is 1420 g/mol. The van der Waals surface area contributed by atoms with Crippen molar-refractivity contribution in [2.45, 2.75) is 414 Å². The summed E-state index contributed by atoms with van der Waals surface area (Å²) in [4.78, 5) is 72.8. The van der Waals surface area contributed by atoms with E-state index in [1.54, 1.807) is 0 Å². The number of ether oxygens (including phenoxy) is 4. The average Bonchev–Trinajstić information content (AvgIpc) is 1.32. The van der Waals surface area contributed by atoms with Crippen LogP contribution in [0.4, 0.5) is 0 Å². The first kappa shape index (κ1) is 95.1. The minimum absolute atomic E-state index is 0.104. The molecule has 0 rings (SSSR count). The van der Waals surface area contributed by atoms with Gasteiger partial charge in [-0.1, -0.05) is 344 Å². The van der Waals surface area contributed by atoms with Crippen molar-refractivity contribution in [1.29, 1.82) is 0 Å². The molecule has 0 saturated heterocycles. The Balaban J connectivity index is 5.22. The SMILES string of the molecule is CCC(C)CCCCCCCCCCCCC(=O)OC[C@H](COP(=O)(O)OCC(O)COP(=O)(O)OC[C@@H](COC(=O)CCCCCCCCCC(C)C)OC(=O)CCCCCCCCCCCC(C)C)OC(=O)CCCCCCCCCCCCCCCCCCCCC(C)C. The highest BCUT2D eigenvalue weighted by Crippen LogP contribution is 2.45. The monoisotopic (exact) mass is 1420 g/mol. The van der Waals surface area contributed by atoms with Crippen LogP contribution in [-0.2, 0) is 65.4 Å². The van der Waals surface area contributed by atoms with Crippen molar-refractivity contribution in [3.05, 3.63) is 0 Å². The van der Waals surface area contributed by atoms with Crippen molar-refractivity contribution in [2.24, 2.45) is 23.7 Å². The normalized spacial score (nSPS) is 14.4. The maximum Gasteiger partial charge on any atom is 0.472 e. The maximum absolute atomic E-state index is 13.1. The van der Waals surface area contributed by atoms with E-state index in [0.717, 1.165) is 114 Å². The highest BCUT2D eigenvalue weighted by molar-refractivity contribution is 7.47. The topological polar surface area (TPSA) is 237 Å². The summed E-state index contributed by atoms with van der Waals surface area (Å²) in [7, 11) is -9.92. The molecule has 0 radical (unpaired) electrons. The summed E-state index contributed by atoms with van der Waals surface area (Å²) in [5.74, 6) is 0.951. The van der Waals surface area contributed by atoms with E-state index in [1.807, 2.05) is 0 Å². The number of phosphoric ester groups is 2. The Morgan fingerprint density at radius 1 is 0.289 bits per heavy atom. The zero-order valence-corrected chi connectivity index (χ0v) is 65.5. The first-order valence-electron chi connectivity index (χ1n) is 40.2. The Kier molecular flexibility index (Phi) is 65.9. The van der Waals surface area contributed by atoms with Crippen molar-refractivity contribution in [3.63, 3.8) is 0 Å². The van der Waals surface area contributed by atoms with Crippen LogP contribution >= 0.6 is 15.6 Å². The molecular weight excluding hydrogens is 1270 g/mol. The molecule has 0 aliphatic carbocycles. The number of unbranched alkanes of at least 4 members (excludes halogenated alkanes) is 40. The summed E-state index contributed by atoms with van der Waals surface area (Å²) in [5, 5.41) is 10.6. The molecule has 0 saturated carbocycles. The molecular formula is C78H152O17P2. The van der Waals surface area contributed by atoms with E-state index in [0.29, 0.717) is 31.6 Å². The first-order valence-corrected chi connectivity index (χ1v) is 43.2. The lowest BCUT2D eigenvalue weighted by Gasteiger charge is -2.21. The van der Waals surface area contributed by atoms with Crippen molar-refractivity contribution in [1.82, 2.24) is 0 Å². The number of carbonyl (C=O) groups excluding carboxylic acids is 4. The van der Waals surface area contributed by atoms with Gasteiger partial charge in [0.05, 0.1) is 26.4 Å². The van der Waals surface area contributed by atoms with E-state index in [-0.39, 0.29) is 25.7 Å². The Bertz CT molecular complexity index is 1900. The van der Waals surface area contributed by atoms with Crippen LogP contribution in [0.5, 0.6) is 0 Å². The van der Waals surface area contributed by atoms with Gasteiger partial charge in [-0.3, -0.25) is 37.3 Å². The second-order valence-electron chi connectivity index (χ2n) is 29.8. The third-order valence-corrected chi connectivity index (χ3v) is 20.3. The molecule has 0 aromatic rings. The number of hydrogen-bond acceptors (Lipinski definition) is 15. The molecule has 0 aromatic carbocycles. The molecule has 0 aliphatic rings. The largest absolute Gasteiger partial charge is 0.472 e. The van der Waals surface area contributed by atoms with Gasteiger partial charge >= 0.3 is 39.5 Å². The predicted molar refractivity (Wildman–Crippen MR) is 395 cm³/mol. The molecule has 17 nitrogen and oxygen atoms in total. The molecule has 0 aliphatic heterocycles. The summed E-state index contributed by atoms with van der Waals surface area (Å²) < 4.78 is 68.6. The van der Waals surface area contributed by atoms with Crippen molar-refractivity contribution in [3.8, 4) is 0 Å². The number of carbonyl (C=O) groups is 4. The highest BCUT2D eigenvalue weighted by atomic mass is 31.2. The molecule has 3 N–H and O–H groups in total. The quantitative estimate of drug-likeness (QED) is 0.0222. The maximum atomic E-state index is 13.1. The Morgan fingerprint density at radius 3 is 0.732 bits per heavy atom. The second-order valence-corrected chi connectivity index (χ2v) is 32.7. The Hall–Kier alpha value is -1.94. The van der Waals surface area contributed by atoms with Gasteiger partial charge in [0.25, 0.3) is 0 Å². The van der Waals surface area contributed by atoms with Gasteiger partial charge in [-0.05, 0) is 49.4 Å². The van der Waals surface area contributed by atoms with Gasteiger partial charge in [-0.2, -0.15) is 0 Å². The summed E-state index contributed by atoms with van der Waals surface area (Å²) in [6, 6.07) is 0. The smallest absolute Gasteiger partial charge is 0.462 e. The van der Waals surface area contributed by atoms with Crippen LogP contribution < -0.4 is 0 Å². The summed E-state index contributed by atoms with van der Waals surface area (Å²) >= 11 is 0. The molecule has 97 heavy (non-hydrogen) atoms. The van der Waals surface area contributed by atoms with Crippen LogP contribution in [0.1, 0.15) is 396 Å². The fourth-order valence-corrected chi connectivity index (χ4v) is 13.5. The molecule has 576 valence electrons. The lowest BCUT2D eigenvalue weighted by atomic mass is 9.99. The van der Waals surface area contributed by atoms with Crippen LogP contribution in [-0.4, -0.2) is 96.7 Å². The predicted octanol–water partition coefficient (Wildman–Crippen LogP) is 22.8. The van der Waals surface area contributed by atoms with Gasteiger partial charge in [-0.15, -0.1) is 0 Å². The minimum Gasteiger partial charge on any atom is -0.462 e. The molecule has 0 heterocycles. The third-order valence-electron chi connectivity index (χ3n) is 18.4. The van der Waals surface area contributed by atoms with Crippen LogP contribution in [0.15, 0.2) is 0 Å². The number of rotatable bonds is 75. The standard InChI is InChI=1S/C78H152O17P2/c1-9-71(8)57-49-41-33-25-20-21-26-34-42-50-58-75(80)88-64-73(94-77(82)60-52-44-35-27-19-17-15-13-11-10-12-14-16-18-23-30-38-46-54-68(2)3)66-92-96(84,85)90-62-72(79)63-91-97(86,87)93-67-74(65-89-76(81)59-51-43-37-29-32-40-48-56-70(6)7)95-78(83)61-53-45-36-28-22-24-31-39-47-55-69(4)5/h68-74,79H,9-67H2,1-8H3,(H,84,85)(H,86,87)/t71?,72?,73-,74-/m1/s1. The minimum atomic E-state index is -4.96. The third kappa shape index (κ3) is 70.9. The van der Waals surface area contributed by atoms with Gasteiger partial charge in [0.1, 0.15) is 19.3 Å². The molecule has 0 aromatic heterocycles.